The van der Waals surface area contributed by atoms with E-state index in [9.17, 15) is 0 Å². The third-order valence-electron chi connectivity index (χ3n) is 2.50. The van der Waals surface area contributed by atoms with Crippen molar-refractivity contribution >= 4 is 26.8 Å². The maximum atomic E-state index is 5.99. The van der Waals surface area contributed by atoms with Crippen LogP contribution in [0.25, 0.3) is 10.9 Å². The normalized spacial score (nSPS) is 13.0. The SMILES string of the molecule is CCC(N)c1nc2ccccc2cc1Br. The Labute approximate surface area is 97.6 Å². The second kappa shape index (κ2) is 4.29. The van der Waals surface area contributed by atoms with Crippen molar-refractivity contribution in [2.75, 3.05) is 0 Å². The summed E-state index contributed by atoms with van der Waals surface area (Å²) < 4.78 is 0.996. The van der Waals surface area contributed by atoms with E-state index in [1.54, 1.807) is 0 Å². The van der Waals surface area contributed by atoms with Crippen LogP contribution >= 0.6 is 15.9 Å². The van der Waals surface area contributed by atoms with Gasteiger partial charge in [-0.25, -0.2) is 4.98 Å². The van der Waals surface area contributed by atoms with Gasteiger partial charge < -0.3 is 5.73 Å². The van der Waals surface area contributed by atoms with E-state index in [-0.39, 0.29) is 6.04 Å². The molecule has 1 heterocycles. The molecule has 3 heteroatoms. The Hall–Kier alpha value is -0.930. The first kappa shape index (κ1) is 10.6. The third-order valence-corrected chi connectivity index (χ3v) is 3.13. The number of rotatable bonds is 2. The van der Waals surface area contributed by atoms with E-state index in [1.807, 2.05) is 24.3 Å². The number of benzene rings is 1. The van der Waals surface area contributed by atoms with Gasteiger partial charge in [-0.05, 0) is 34.5 Å². The van der Waals surface area contributed by atoms with Crippen molar-refractivity contribution in [3.8, 4) is 0 Å². The smallest absolute Gasteiger partial charge is 0.0720 e. The molecule has 2 N–H and O–H groups in total. The van der Waals surface area contributed by atoms with Gasteiger partial charge >= 0.3 is 0 Å². The second-order valence-electron chi connectivity index (χ2n) is 3.56. The lowest BCUT2D eigenvalue weighted by molar-refractivity contribution is 0.675. The first-order chi connectivity index (χ1) is 7.22. The van der Waals surface area contributed by atoms with E-state index in [0.29, 0.717) is 0 Å². The molecule has 0 fully saturated rings. The van der Waals surface area contributed by atoms with Crippen molar-refractivity contribution < 1.29 is 0 Å². The fraction of sp³-hybridized carbons (Fsp3) is 0.250. The van der Waals surface area contributed by atoms with Crippen LogP contribution in [0.15, 0.2) is 34.8 Å². The number of para-hydroxylation sites is 1. The van der Waals surface area contributed by atoms with E-state index in [1.165, 1.54) is 0 Å². The molecule has 0 aliphatic heterocycles. The van der Waals surface area contributed by atoms with E-state index >= 15 is 0 Å². The highest BCUT2D eigenvalue weighted by atomic mass is 79.9. The molecule has 2 nitrogen and oxygen atoms in total. The largest absolute Gasteiger partial charge is 0.323 e. The molecule has 1 aromatic carbocycles. The fourth-order valence-corrected chi connectivity index (χ4v) is 2.19. The summed E-state index contributed by atoms with van der Waals surface area (Å²) in [4.78, 5) is 4.57. The van der Waals surface area contributed by atoms with Crippen molar-refractivity contribution in [2.24, 2.45) is 5.73 Å². The van der Waals surface area contributed by atoms with Crippen LogP contribution in [-0.2, 0) is 0 Å². The highest BCUT2D eigenvalue weighted by Crippen LogP contribution is 2.26. The van der Waals surface area contributed by atoms with Crippen LogP contribution in [0, 0.1) is 0 Å². The predicted octanol–water partition coefficient (Wildman–Crippen LogP) is 3.41. The van der Waals surface area contributed by atoms with Gasteiger partial charge in [-0.2, -0.15) is 0 Å². The Kier molecular flexibility index (Phi) is 3.03. The van der Waals surface area contributed by atoms with Gasteiger partial charge in [-0.1, -0.05) is 25.1 Å². The Morgan fingerprint density at radius 1 is 1.40 bits per heavy atom. The van der Waals surface area contributed by atoms with Crippen LogP contribution in [-0.4, -0.2) is 4.98 Å². The van der Waals surface area contributed by atoms with Gasteiger partial charge in [0.2, 0.25) is 0 Å². The minimum atomic E-state index is 0.00369. The molecule has 0 radical (unpaired) electrons. The van der Waals surface area contributed by atoms with Crippen LogP contribution in [0.2, 0.25) is 0 Å². The highest BCUT2D eigenvalue weighted by molar-refractivity contribution is 9.10. The lowest BCUT2D eigenvalue weighted by Crippen LogP contribution is -2.11. The molecule has 2 rings (SSSR count). The van der Waals surface area contributed by atoms with E-state index in [0.717, 1.165) is 27.5 Å². The average Bonchev–Trinajstić information content (AvgIpc) is 2.27. The van der Waals surface area contributed by atoms with Gasteiger partial charge in [0.05, 0.1) is 11.2 Å². The molecule has 0 saturated heterocycles. The molecule has 15 heavy (non-hydrogen) atoms. The summed E-state index contributed by atoms with van der Waals surface area (Å²) >= 11 is 3.52. The zero-order valence-corrected chi connectivity index (χ0v) is 10.2. The maximum absolute atomic E-state index is 5.99. The summed E-state index contributed by atoms with van der Waals surface area (Å²) in [5, 5.41) is 1.14. The van der Waals surface area contributed by atoms with Crippen molar-refractivity contribution in [3.05, 3.63) is 40.5 Å². The molecule has 0 aliphatic carbocycles. The Bertz CT molecular complexity index is 482. The molecular weight excluding hydrogens is 252 g/mol. The van der Waals surface area contributed by atoms with Crippen molar-refractivity contribution in [1.82, 2.24) is 4.98 Å². The molecule has 0 amide bonds. The molecule has 0 saturated carbocycles. The zero-order valence-electron chi connectivity index (χ0n) is 8.57. The average molecular weight is 265 g/mol. The van der Waals surface area contributed by atoms with Gasteiger partial charge in [0.1, 0.15) is 0 Å². The van der Waals surface area contributed by atoms with Gasteiger partial charge in [-0.3, -0.25) is 0 Å². The van der Waals surface area contributed by atoms with Gasteiger partial charge in [0.25, 0.3) is 0 Å². The maximum Gasteiger partial charge on any atom is 0.0720 e. The van der Waals surface area contributed by atoms with Crippen LogP contribution in [0.5, 0.6) is 0 Å². The highest BCUT2D eigenvalue weighted by Gasteiger charge is 2.10. The standard InChI is InChI=1S/C12H13BrN2/c1-2-10(14)12-9(13)7-8-5-3-4-6-11(8)15-12/h3-7,10H,2,14H2,1H3. The number of nitrogens with zero attached hydrogens (tertiary/aromatic N) is 1. The molecule has 0 bridgehead atoms. The van der Waals surface area contributed by atoms with E-state index < -0.39 is 0 Å². The number of fused-ring (bicyclic) bond motifs is 1. The monoisotopic (exact) mass is 264 g/mol. The lowest BCUT2D eigenvalue weighted by Gasteiger charge is -2.11. The van der Waals surface area contributed by atoms with Crippen molar-refractivity contribution in [1.29, 1.82) is 0 Å². The van der Waals surface area contributed by atoms with Gasteiger partial charge in [-0.15, -0.1) is 0 Å². The van der Waals surface area contributed by atoms with Crippen LogP contribution in [0.1, 0.15) is 25.1 Å². The first-order valence-corrected chi connectivity index (χ1v) is 5.82. The number of pyridine rings is 1. The Balaban J connectivity index is 2.61. The van der Waals surface area contributed by atoms with Gasteiger partial charge in [0.15, 0.2) is 0 Å². The van der Waals surface area contributed by atoms with Crippen LogP contribution in [0.4, 0.5) is 0 Å². The summed E-state index contributed by atoms with van der Waals surface area (Å²) in [6.45, 7) is 2.06. The van der Waals surface area contributed by atoms with E-state index in [4.69, 9.17) is 5.73 Å². The summed E-state index contributed by atoms with van der Waals surface area (Å²) in [6.07, 6.45) is 0.893. The van der Waals surface area contributed by atoms with Crippen LogP contribution in [0.3, 0.4) is 0 Å². The summed E-state index contributed by atoms with van der Waals surface area (Å²) in [7, 11) is 0. The zero-order chi connectivity index (χ0) is 10.8. The predicted molar refractivity (Wildman–Crippen MR) is 66.7 cm³/mol. The van der Waals surface area contributed by atoms with Gasteiger partial charge in [0, 0.05) is 15.9 Å². The molecule has 1 aromatic heterocycles. The number of hydrogen-bond donors (Lipinski definition) is 1. The molecule has 1 unspecified atom stereocenters. The molecule has 78 valence electrons. The molecule has 2 aromatic rings. The van der Waals surface area contributed by atoms with Crippen molar-refractivity contribution in [2.45, 2.75) is 19.4 Å². The molecule has 1 atom stereocenters. The number of aromatic nitrogens is 1. The minimum Gasteiger partial charge on any atom is -0.323 e. The summed E-state index contributed by atoms with van der Waals surface area (Å²) in [5.41, 5.74) is 7.93. The summed E-state index contributed by atoms with van der Waals surface area (Å²) in [6, 6.07) is 10.1. The van der Waals surface area contributed by atoms with Crippen LogP contribution < -0.4 is 5.73 Å². The summed E-state index contributed by atoms with van der Waals surface area (Å²) in [5.74, 6) is 0. The van der Waals surface area contributed by atoms with Crippen molar-refractivity contribution in [3.63, 3.8) is 0 Å². The third kappa shape index (κ3) is 2.03. The quantitative estimate of drug-likeness (QED) is 0.903. The fourth-order valence-electron chi connectivity index (χ4n) is 1.56. The number of hydrogen-bond acceptors (Lipinski definition) is 2. The second-order valence-corrected chi connectivity index (χ2v) is 4.42. The minimum absolute atomic E-state index is 0.00369. The number of nitrogens with two attached hydrogens (primary N) is 1. The topological polar surface area (TPSA) is 38.9 Å². The Morgan fingerprint density at radius 2 is 2.13 bits per heavy atom. The lowest BCUT2D eigenvalue weighted by atomic mass is 10.1. The Morgan fingerprint density at radius 3 is 2.87 bits per heavy atom. The first-order valence-electron chi connectivity index (χ1n) is 5.03. The molecular formula is C12H13BrN2. The molecule has 0 spiro atoms. The number of halogens is 1. The molecule has 0 aliphatic rings. The van der Waals surface area contributed by atoms with E-state index in [2.05, 4.69) is 33.9 Å².